The molecule has 1 rings (SSSR count). The third kappa shape index (κ3) is 18.5. The maximum Gasteiger partial charge on any atom is 0.500 e. The number of nitrogens with zero attached hydrogens (tertiary/aromatic N) is 1. The van der Waals surface area contributed by atoms with Crippen LogP contribution in [-0.4, -0.2) is 71.9 Å². The maximum atomic E-state index is 13.0. The molecule has 0 aromatic heterocycles. The Morgan fingerprint density at radius 3 is 2.13 bits per heavy atom. The number of unbranched alkanes of at least 4 members (excludes halogenated alkanes) is 5. The SMILES string of the molecule is CCCCCCCCC(CCC(=O)NCC(C)(C)CC[Si](OCC)(OCC)OCC)OC(=O)NCC1(C)CC(N=C=O)CC(C)(C)C1. The first kappa shape index (κ1) is 43.2. The molecule has 1 fully saturated rings. The van der Waals surface area contributed by atoms with Crippen LogP contribution in [0.3, 0.4) is 0 Å². The Balaban J connectivity index is 2.72. The summed E-state index contributed by atoms with van der Waals surface area (Å²) in [6.07, 6.45) is 12.6. The molecule has 274 valence electrons. The molecule has 47 heavy (non-hydrogen) atoms. The van der Waals surface area contributed by atoms with Gasteiger partial charge in [0.2, 0.25) is 12.0 Å². The van der Waals surface area contributed by atoms with Crippen LogP contribution in [0.25, 0.3) is 0 Å². The fourth-order valence-electron chi connectivity index (χ4n) is 7.07. The van der Waals surface area contributed by atoms with Crippen LogP contribution in [0, 0.1) is 16.2 Å². The largest absolute Gasteiger partial charge is 0.500 e. The normalized spacial score (nSPS) is 20.2. The molecule has 0 aromatic rings. The van der Waals surface area contributed by atoms with Gasteiger partial charge in [-0.25, -0.2) is 14.6 Å². The summed E-state index contributed by atoms with van der Waals surface area (Å²) in [5.74, 6) is -0.0447. The lowest BCUT2D eigenvalue weighted by atomic mass is 9.63. The second-order valence-electron chi connectivity index (χ2n) is 15.3. The van der Waals surface area contributed by atoms with Crippen molar-refractivity contribution >= 4 is 26.9 Å². The Kier molecular flexibility index (Phi) is 20.3. The van der Waals surface area contributed by atoms with E-state index < -0.39 is 14.9 Å². The highest BCUT2D eigenvalue weighted by molar-refractivity contribution is 6.60. The lowest BCUT2D eigenvalue weighted by Gasteiger charge is -2.45. The first-order valence-corrected chi connectivity index (χ1v) is 20.3. The van der Waals surface area contributed by atoms with Crippen LogP contribution in [0.2, 0.25) is 6.04 Å². The van der Waals surface area contributed by atoms with Gasteiger partial charge in [0, 0.05) is 45.4 Å². The number of nitrogens with one attached hydrogen (secondary N) is 2. The molecule has 0 saturated heterocycles. The summed E-state index contributed by atoms with van der Waals surface area (Å²) in [6.45, 7) is 21.4. The van der Waals surface area contributed by atoms with Crippen molar-refractivity contribution in [2.24, 2.45) is 21.2 Å². The topological polar surface area (TPSA) is 125 Å². The average molecular weight is 684 g/mol. The van der Waals surface area contributed by atoms with Gasteiger partial charge in [0.25, 0.3) is 0 Å². The lowest BCUT2D eigenvalue weighted by molar-refractivity contribution is -0.122. The fourth-order valence-corrected chi connectivity index (χ4v) is 10.1. The molecule has 0 bridgehead atoms. The predicted octanol–water partition coefficient (Wildman–Crippen LogP) is 8.11. The van der Waals surface area contributed by atoms with Crippen molar-refractivity contribution < 1.29 is 32.4 Å². The van der Waals surface area contributed by atoms with Gasteiger partial charge in [-0.1, -0.05) is 73.6 Å². The van der Waals surface area contributed by atoms with Crippen molar-refractivity contribution in [2.45, 2.75) is 164 Å². The van der Waals surface area contributed by atoms with Gasteiger partial charge < -0.3 is 28.6 Å². The Labute approximate surface area is 287 Å². The third-order valence-corrected chi connectivity index (χ3v) is 12.2. The van der Waals surface area contributed by atoms with E-state index in [1.54, 1.807) is 6.08 Å². The van der Waals surface area contributed by atoms with Crippen molar-refractivity contribution in [3.8, 4) is 0 Å². The van der Waals surface area contributed by atoms with Crippen molar-refractivity contribution in [1.82, 2.24) is 10.6 Å². The molecule has 2 amide bonds. The summed E-state index contributed by atoms with van der Waals surface area (Å²) >= 11 is 0. The number of hydrogen-bond donors (Lipinski definition) is 2. The minimum atomic E-state index is -2.76. The van der Waals surface area contributed by atoms with Gasteiger partial charge >= 0.3 is 14.9 Å². The van der Waals surface area contributed by atoms with Crippen molar-refractivity contribution in [1.29, 1.82) is 0 Å². The number of isocyanates is 1. The number of alkyl carbamates (subject to hydrolysis) is 1. The van der Waals surface area contributed by atoms with Gasteiger partial charge in [-0.05, 0) is 82.0 Å². The second kappa shape index (κ2) is 22.0. The van der Waals surface area contributed by atoms with Gasteiger partial charge in [-0.15, -0.1) is 0 Å². The van der Waals surface area contributed by atoms with Gasteiger partial charge in [0.1, 0.15) is 6.10 Å². The molecule has 1 saturated carbocycles. The zero-order valence-electron chi connectivity index (χ0n) is 31.4. The van der Waals surface area contributed by atoms with Gasteiger partial charge in [-0.2, -0.15) is 0 Å². The molecule has 0 heterocycles. The predicted molar refractivity (Wildman–Crippen MR) is 190 cm³/mol. The molecule has 0 spiro atoms. The quantitative estimate of drug-likeness (QED) is 0.0431. The van der Waals surface area contributed by atoms with Gasteiger partial charge in [0.15, 0.2) is 0 Å². The van der Waals surface area contributed by atoms with Crippen LogP contribution in [0.1, 0.15) is 146 Å². The molecule has 0 aliphatic heterocycles. The van der Waals surface area contributed by atoms with Crippen LogP contribution >= 0.6 is 0 Å². The number of amides is 2. The number of aliphatic imine (C=N–C) groups is 1. The number of hydrogen-bond acceptors (Lipinski definition) is 8. The first-order valence-electron chi connectivity index (χ1n) is 18.4. The molecule has 1 aliphatic rings. The van der Waals surface area contributed by atoms with Crippen LogP contribution in [-0.2, 0) is 27.6 Å². The molecular formula is C36H69N3O7Si. The highest BCUT2D eigenvalue weighted by Crippen LogP contribution is 2.46. The fraction of sp³-hybridized carbons (Fsp3) is 0.917. The molecule has 3 atom stereocenters. The summed E-state index contributed by atoms with van der Waals surface area (Å²) in [4.78, 5) is 41.0. The van der Waals surface area contributed by atoms with Crippen LogP contribution in [0.15, 0.2) is 4.99 Å². The average Bonchev–Trinajstić information content (AvgIpc) is 2.98. The van der Waals surface area contributed by atoms with E-state index in [0.717, 1.165) is 44.9 Å². The van der Waals surface area contributed by atoms with Crippen molar-refractivity contribution in [3.63, 3.8) is 0 Å². The molecule has 10 nitrogen and oxygen atoms in total. The highest BCUT2D eigenvalue weighted by Gasteiger charge is 2.43. The Morgan fingerprint density at radius 1 is 0.915 bits per heavy atom. The van der Waals surface area contributed by atoms with E-state index in [4.69, 9.17) is 18.0 Å². The van der Waals surface area contributed by atoms with E-state index in [-0.39, 0.29) is 40.7 Å². The molecule has 3 unspecified atom stereocenters. The smallest absolute Gasteiger partial charge is 0.446 e. The molecule has 1 aliphatic carbocycles. The monoisotopic (exact) mass is 683 g/mol. The molecule has 11 heteroatoms. The standard InChI is InChI=1S/C36H69N3O7Si/c1-10-14-15-16-17-18-19-31(46-33(42)38-28-36(9)25-30(39-29-40)24-35(7,8)26-36)20-21-32(41)37-27-34(5,6)22-23-47(43-11-2,44-12-3)45-13-4/h30-31H,10-28H2,1-9H3,(H,37,41)(H,38,42). The Hall–Kier alpha value is -1.78. The molecular weight excluding hydrogens is 614 g/mol. The highest BCUT2D eigenvalue weighted by atomic mass is 28.4. The number of rotatable bonds is 25. The van der Waals surface area contributed by atoms with E-state index in [1.807, 2.05) is 20.8 Å². The minimum Gasteiger partial charge on any atom is -0.446 e. The van der Waals surface area contributed by atoms with E-state index in [1.165, 1.54) is 25.7 Å². The van der Waals surface area contributed by atoms with E-state index >= 15 is 0 Å². The number of carbonyl (C=O) groups excluding carboxylic acids is 3. The van der Waals surface area contributed by atoms with Crippen LogP contribution in [0.5, 0.6) is 0 Å². The van der Waals surface area contributed by atoms with Crippen LogP contribution in [0.4, 0.5) is 4.79 Å². The summed E-state index contributed by atoms with van der Waals surface area (Å²) in [5, 5.41) is 6.11. The minimum absolute atomic E-state index is 0.00670. The summed E-state index contributed by atoms with van der Waals surface area (Å²) in [6, 6.07) is 0.600. The van der Waals surface area contributed by atoms with E-state index in [2.05, 4.69) is 57.2 Å². The van der Waals surface area contributed by atoms with E-state index in [0.29, 0.717) is 45.4 Å². The summed E-state index contributed by atoms with van der Waals surface area (Å²) in [7, 11) is -2.76. The third-order valence-electron chi connectivity index (χ3n) is 9.13. The van der Waals surface area contributed by atoms with Crippen molar-refractivity contribution in [2.75, 3.05) is 32.9 Å². The summed E-state index contributed by atoms with van der Waals surface area (Å²) in [5.41, 5.74) is -0.372. The molecule has 0 radical (unpaired) electrons. The van der Waals surface area contributed by atoms with E-state index in [9.17, 15) is 14.4 Å². The number of carbonyl (C=O) groups is 2. The number of ether oxygens (including phenoxy) is 1. The Morgan fingerprint density at radius 2 is 1.53 bits per heavy atom. The molecule has 2 N–H and O–H groups in total. The second-order valence-corrected chi connectivity index (χ2v) is 18.1. The van der Waals surface area contributed by atoms with Crippen LogP contribution < -0.4 is 10.6 Å². The first-order chi connectivity index (χ1) is 22.2. The van der Waals surface area contributed by atoms with Gasteiger partial charge in [-0.3, -0.25) is 4.79 Å². The zero-order valence-corrected chi connectivity index (χ0v) is 32.4. The maximum absolute atomic E-state index is 13.0. The summed E-state index contributed by atoms with van der Waals surface area (Å²) < 4.78 is 24.0. The molecule has 0 aromatic carbocycles. The zero-order chi connectivity index (χ0) is 35.4. The van der Waals surface area contributed by atoms with Crippen molar-refractivity contribution in [3.05, 3.63) is 0 Å². The van der Waals surface area contributed by atoms with Gasteiger partial charge in [0.05, 0.1) is 6.04 Å². The Bertz CT molecular complexity index is 940. The lowest BCUT2D eigenvalue weighted by Crippen LogP contribution is -2.47.